The van der Waals surface area contributed by atoms with E-state index >= 15 is 0 Å². The second-order valence-corrected chi connectivity index (χ2v) is 5.29. The van der Waals surface area contributed by atoms with Crippen molar-refractivity contribution in [2.45, 2.75) is 31.6 Å². The van der Waals surface area contributed by atoms with E-state index in [1.165, 1.54) is 11.1 Å². The molecule has 0 radical (unpaired) electrons. The number of carbonyl (C=O) groups excluding carboxylic acids is 1. The summed E-state index contributed by atoms with van der Waals surface area (Å²) in [6.45, 7) is 2.02. The fourth-order valence-corrected chi connectivity index (χ4v) is 3.10. The molecule has 1 atom stereocenters. The second-order valence-electron chi connectivity index (χ2n) is 5.29. The van der Waals surface area contributed by atoms with Crippen molar-refractivity contribution < 1.29 is 4.79 Å². The van der Waals surface area contributed by atoms with Crippen LogP contribution in [0.15, 0.2) is 24.3 Å². The van der Waals surface area contributed by atoms with Crippen LogP contribution in [0.1, 0.15) is 36.3 Å². The highest BCUT2D eigenvalue weighted by molar-refractivity contribution is 5.82. The fraction of sp³-hybridized carbons (Fsp3) is 0.533. The van der Waals surface area contributed by atoms with Gasteiger partial charge in [-0.25, -0.2) is 0 Å². The number of carbonyl (C=O) groups is 1. The molecular formula is C15H19NO. The Kier molecular flexibility index (Phi) is 2.98. The molecule has 0 bridgehead atoms. The standard InChI is InChI=1S/C15H19NO/c17-15(11-5-7-16-8-6-11)10-13-9-12-3-1-2-4-14(12)13/h1-4,11,13,16H,5-10H2. The quantitative estimate of drug-likeness (QED) is 0.861. The fourth-order valence-electron chi connectivity index (χ4n) is 3.10. The van der Waals surface area contributed by atoms with Gasteiger partial charge in [0.15, 0.2) is 0 Å². The normalized spacial score (nSPS) is 23.9. The molecule has 0 aromatic heterocycles. The molecule has 1 aromatic carbocycles. The first-order valence-electron chi connectivity index (χ1n) is 6.66. The Hall–Kier alpha value is -1.15. The smallest absolute Gasteiger partial charge is 0.136 e. The number of benzene rings is 1. The molecule has 1 heterocycles. The van der Waals surface area contributed by atoms with Gasteiger partial charge < -0.3 is 5.32 Å². The lowest BCUT2D eigenvalue weighted by atomic mass is 9.73. The molecule has 0 amide bonds. The predicted octanol–water partition coefficient (Wildman–Crippen LogP) is 2.29. The topological polar surface area (TPSA) is 29.1 Å². The highest BCUT2D eigenvalue weighted by Gasteiger charge is 2.30. The Morgan fingerprint density at radius 2 is 2.00 bits per heavy atom. The maximum atomic E-state index is 12.2. The monoisotopic (exact) mass is 229 g/mol. The highest BCUT2D eigenvalue weighted by Crippen LogP contribution is 2.38. The number of hydrogen-bond donors (Lipinski definition) is 1. The van der Waals surface area contributed by atoms with E-state index in [1.807, 2.05) is 0 Å². The summed E-state index contributed by atoms with van der Waals surface area (Å²) in [6.07, 6.45) is 3.94. The van der Waals surface area contributed by atoms with Crippen molar-refractivity contribution in [3.63, 3.8) is 0 Å². The third kappa shape index (κ3) is 2.14. The van der Waals surface area contributed by atoms with Gasteiger partial charge in [-0.1, -0.05) is 24.3 Å². The Balaban J connectivity index is 1.60. The average Bonchev–Trinajstić information content (AvgIpc) is 2.37. The average molecular weight is 229 g/mol. The van der Waals surface area contributed by atoms with Crippen molar-refractivity contribution in [2.24, 2.45) is 5.92 Å². The Morgan fingerprint density at radius 1 is 1.24 bits per heavy atom. The van der Waals surface area contributed by atoms with Gasteiger partial charge >= 0.3 is 0 Å². The molecule has 1 aromatic rings. The number of ketones is 1. The molecule has 1 saturated heterocycles. The molecule has 3 rings (SSSR count). The molecule has 2 nitrogen and oxygen atoms in total. The third-order valence-corrected chi connectivity index (χ3v) is 4.20. The van der Waals surface area contributed by atoms with Gasteiger partial charge in [0.2, 0.25) is 0 Å². The second kappa shape index (κ2) is 4.61. The minimum atomic E-state index is 0.323. The molecule has 1 aliphatic heterocycles. The molecule has 1 unspecified atom stereocenters. The summed E-state index contributed by atoms with van der Waals surface area (Å²) in [6, 6.07) is 8.53. The Bertz CT molecular complexity index is 421. The number of piperidine rings is 1. The van der Waals surface area contributed by atoms with Crippen molar-refractivity contribution in [3.8, 4) is 0 Å². The van der Waals surface area contributed by atoms with E-state index in [1.54, 1.807) is 0 Å². The minimum Gasteiger partial charge on any atom is -0.317 e. The van der Waals surface area contributed by atoms with Crippen molar-refractivity contribution in [2.75, 3.05) is 13.1 Å². The molecule has 1 N–H and O–H groups in total. The molecule has 1 fully saturated rings. The van der Waals surface area contributed by atoms with E-state index in [4.69, 9.17) is 0 Å². The van der Waals surface area contributed by atoms with Crippen LogP contribution in [0.5, 0.6) is 0 Å². The van der Waals surface area contributed by atoms with E-state index in [0.29, 0.717) is 17.6 Å². The van der Waals surface area contributed by atoms with Gasteiger partial charge in [-0.2, -0.15) is 0 Å². The van der Waals surface area contributed by atoms with Crippen LogP contribution in [0.2, 0.25) is 0 Å². The molecule has 0 spiro atoms. The summed E-state index contributed by atoms with van der Waals surface area (Å²) >= 11 is 0. The van der Waals surface area contributed by atoms with E-state index in [-0.39, 0.29) is 0 Å². The number of rotatable bonds is 3. The van der Waals surface area contributed by atoms with Gasteiger partial charge in [0.1, 0.15) is 5.78 Å². The molecule has 1 aliphatic carbocycles. The zero-order chi connectivity index (χ0) is 11.7. The zero-order valence-corrected chi connectivity index (χ0v) is 10.1. The maximum Gasteiger partial charge on any atom is 0.136 e. The van der Waals surface area contributed by atoms with Crippen LogP contribution >= 0.6 is 0 Å². The van der Waals surface area contributed by atoms with Crippen molar-refractivity contribution in [1.82, 2.24) is 5.32 Å². The van der Waals surface area contributed by atoms with Crippen LogP contribution in [0.3, 0.4) is 0 Å². The maximum absolute atomic E-state index is 12.2. The van der Waals surface area contributed by atoms with Crippen LogP contribution < -0.4 is 5.32 Å². The molecule has 0 saturated carbocycles. The lowest BCUT2D eigenvalue weighted by Crippen LogP contribution is -2.33. The van der Waals surface area contributed by atoms with Gasteiger partial charge in [0.25, 0.3) is 0 Å². The summed E-state index contributed by atoms with van der Waals surface area (Å²) in [7, 11) is 0. The van der Waals surface area contributed by atoms with Gasteiger partial charge in [-0.15, -0.1) is 0 Å². The van der Waals surface area contributed by atoms with Gasteiger partial charge in [-0.05, 0) is 49.4 Å². The molecule has 90 valence electrons. The lowest BCUT2D eigenvalue weighted by molar-refractivity contribution is -0.124. The summed E-state index contributed by atoms with van der Waals surface area (Å²) in [5.41, 5.74) is 2.85. The zero-order valence-electron chi connectivity index (χ0n) is 10.1. The Morgan fingerprint density at radius 3 is 2.76 bits per heavy atom. The summed E-state index contributed by atoms with van der Waals surface area (Å²) in [5.74, 6) is 1.32. The van der Waals surface area contributed by atoms with Crippen molar-refractivity contribution >= 4 is 5.78 Å². The summed E-state index contributed by atoms with van der Waals surface area (Å²) < 4.78 is 0. The molecular weight excluding hydrogens is 210 g/mol. The van der Waals surface area contributed by atoms with E-state index in [2.05, 4.69) is 29.6 Å². The van der Waals surface area contributed by atoms with E-state index in [0.717, 1.165) is 38.8 Å². The lowest BCUT2D eigenvalue weighted by Gasteiger charge is -2.31. The molecule has 17 heavy (non-hydrogen) atoms. The number of nitrogens with one attached hydrogen (secondary N) is 1. The van der Waals surface area contributed by atoms with Gasteiger partial charge in [0.05, 0.1) is 0 Å². The highest BCUT2D eigenvalue weighted by atomic mass is 16.1. The SMILES string of the molecule is O=C(CC1Cc2ccccc21)C1CCNCC1. The predicted molar refractivity (Wildman–Crippen MR) is 68.1 cm³/mol. The Labute approximate surface area is 102 Å². The van der Waals surface area contributed by atoms with Crippen LogP contribution in [-0.2, 0) is 11.2 Å². The van der Waals surface area contributed by atoms with E-state index in [9.17, 15) is 4.79 Å². The van der Waals surface area contributed by atoms with Crippen molar-refractivity contribution in [3.05, 3.63) is 35.4 Å². The first-order valence-corrected chi connectivity index (χ1v) is 6.66. The molecule has 2 heteroatoms. The molecule has 2 aliphatic rings. The van der Waals surface area contributed by atoms with Gasteiger partial charge in [0, 0.05) is 12.3 Å². The largest absolute Gasteiger partial charge is 0.317 e. The van der Waals surface area contributed by atoms with Gasteiger partial charge in [-0.3, -0.25) is 4.79 Å². The summed E-state index contributed by atoms with van der Waals surface area (Å²) in [5, 5.41) is 3.31. The third-order valence-electron chi connectivity index (χ3n) is 4.20. The summed E-state index contributed by atoms with van der Waals surface area (Å²) in [4.78, 5) is 12.2. The first kappa shape index (κ1) is 11.0. The number of fused-ring (bicyclic) bond motifs is 1. The van der Waals surface area contributed by atoms with Crippen molar-refractivity contribution in [1.29, 1.82) is 0 Å². The van der Waals surface area contributed by atoms with Crippen LogP contribution in [0.25, 0.3) is 0 Å². The number of Topliss-reactive ketones (excluding diaryl/α,β-unsaturated/α-hetero) is 1. The van der Waals surface area contributed by atoms with Crippen LogP contribution in [-0.4, -0.2) is 18.9 Å². The minimum absolute atomic E-state index is 0.323. The van der Waals surface area contributed by atoms with E-state index < -0.39 is 0 Å². The first-order chi connectivity index (χ1) is 8.34. The van der Waals surface area contributed by atoms with Crippen LogP contribution in [0, 0.1) is 5.92 Å². The van der Waals surface area contributed by atoms with Crippen LogP contribution in [0.4, 0.5) is 0 Å². The number of hydrogen-bond acceptors (Lipinski definition) is 2.